The topological polar surface area (TPSA) is 55.9 Å². The summed E-state index contributed by atoms with van der Waals surface area (Å²) in [5.74, 6) is 8.51. The Labute approximate surface area is 130 Å². The van der Waals surface area contributed by atoms with Gasteiger partial charge in [0, 0.05) is 48.0 Å². The second kappa shape index (κ2) is 6.64. The first-order valence-electron chi connectivity index (χ1n) is 7.51. The molecule has 21 heavy (non-hydrogen) atoms. The van der Waals surface area contributed by atoms with E-state index in [-0.39, 0.29) is 6.04 Å². The fraction of sp³-hybridized carbons (Fsp3) is 0.438. The molecule has 2 aromatic rings. The molecule has 1 aliphatic rings. The normalized spacial score (nSPS) is 18.7. The molecule has 0 fully saturated rings. The zero-order valence-corrected chi connectivity index (χ0v) is 13.1. The lowest BCUT2D eigenvalue weighted by Gasteiger charge is -2.23. The number of aromatic nitrogens is 2. The number of rotatable bonds is 6. The summed E-state index contributed by atoms with van der Waals surface area (Å²) < 4.78 is 2.23. The third-order valence-corrected chi connectivity index (χ3v) is 5.31. The summed E-state index contributed by atoms with van der Waals surface area (Å²) in [6.07, 6.45) is 5.93. The predicted molar refractivity (Wildman–Crippen MR) is 87.2 cm³/mol. The third-order valence-electron chi connectivity index (χ3n) is 4.11. The second-order valence-corrected chi connectivity index (χ2v) is 6.53. The minimum atomic E-state index is 0.221. The molecule has 1 aromatic carbocycles. The van der Waals surface area contributed by atoms with E-state index < -0.39 is 0 Å². The van der Waals surface area contributed by atoms with Crippen LogP contribution in [-0.4, -0.2) is 21.3 Å². The van der Waals surface area contributed by atoms with Crippen LogP contribution in [0.3, 0.4) is 0 Å². The van der Waals surface area contributed by atoms with Crippen LogP contribution >= 0.6 is 11.8 Å². The van der Waals surface area contributed by atoms with Crippen LogP contribution in [0.5, 0.6) is 0 Å². The Morgan fingerprint density at radius 3 is 3.14 bits per heavy atom. The Morgan fingerprint density at radius 1 is 1.48 bits per heavy atom. The number of hydrogen-bond acceptors (Lipinski definition) is 4. The summed E-state index contributed by atoms with van der Waals surface area (Å²) in [5, 5.41) is 0. The molecule has 112 valence electrons. The van der Waals surface area contributed by atoms with Crippen molar-refractivity contribution in [2.75, 3.05) is 5.75 Å². The highest BCUT2D eigenvalue weighted by atomic mass is 32.2. The van der Waals surface area contributed by atoms with Crippen molar-refractivity contribution in [3.63, 3.8) is 0 Å². The maximum Gasteiger partial charge on any atom is 0.110 e. The molecule has 0 spiro atoms. The minimum absolute atomic E-state index is 0.221. The van der Waals surface area contributed by atoms with Gasteiger partial charge in [0.15, 0.2) is 0 Å². The number of aryl methyl sites for hydroxylation is 1. The largest absolute Gasteiger partial charge is 0.335 e. The first kappa shape index (κ1) is 14.6. The minimum Gasteiger partial charge on any atom is -0.335 e. The van der Waals surface area contributed by atoms with Gasteiger partial charge >= 0.3 is 0 Å². The van der Waals surface area contributed by atoms with E-state index >= 15 is 0 Å². The molecular weight excluding hydrogens is 280 g/mol. The molecule has 2 atom stereocenters. The maximum absolute atomic E-state index is 5.85. The Morgan fingerprint density at radius 2 is 2.33 bits per heavy atom. The lowest BCUT2D eigenvalue weighted by atomic mass is 9.91. The lowest BCUT2D eigenvalue weighted by Crippen LogP contribution is -2.42. The highest BCUT2D eigenvalue weighted by Gasteiger charge is 2.30. The highest BCUT2D eigenvalue weighted by Crippen LogP contribution is 2.41. The van der Waals surface area contributed by atoms with Gasteiger partial charge in [0.05, 0.1) is 0 Å². The first-order valence-corrected chi connectivity index (χ1v) is 8.50. The predicted octanol–water partition coefficient (Wildman–Crippen LogP) is 2.56. The maximum atomic E-state index is 5.85. The van der Waals surface area contributed by atoms with E-state index in [0.29, 0.717) is 5.92 Å². The molecule has 1 aromatic heterocycles. The molecule has 3 N–H and O–H groups in total. The highest BCUT2D eigenvalue weighted by molar-refractivity contribution is 7.99. The van der Waals surface area contributed by atoms with E-state index in [0.717, 1.165) is 31.0 Å². The number of thioether (sulfide) groups is 1. The van der Waals surface area contributed by atoms with Crippen LogP contribution in [0.4, 0.5) is 0 Å². The Kier molecular flexibility index (Phi) is 4.63. The van der Waals surface area contributed by atoms with Gasteiger partial charge in [0.25, 0.3) is 0 Å². The quantitative estimate of drug-likeness (QED) is 0.636. The van der Waals surface area contributed by atoms with Crippen molar-refractivity contribution in [2.45, 2.75) is 43.2 Å². The molecule has 2 heterocycles. The summed E-state index contributed by atoms with van der Waals surface area (Å²) in [5.41, 5.74) is 4.44. The van der Waals surface area contributed by atoms with Gasteiger partial charge in [0.2, 0.25) is 0 Å². The summed E-state index contributed by atoms with van der Waals surface area (Å²) in [4.78, 5) is 5.90. The summed E-state index contributed by atoms with van der Waals surface area (Å²) >= 11 is 1.92. The average Bonchev–Trinajstić information content (AvgIpc) is 3.12. The monoisotopic (exact) mass is 302 g/mol. The number of nitrogens with two attached hydrogens (primary N) is 1. The molecule has 0 saturated carbocycles. The van der Waals surface area contributed by atoms with Gasteiger partial charge in [-0.15, -0.1) is 11.8 Å². The van der Waals surface area contributed by atoms with E-state index in [2.05, 4.69) is 52.4 Å². The molecular formula is C16H22N4S. The molecule has 0 aliphatic carbocycles. The van der Waals surface area contributed by atoms with Crippen LogP contribution in [0.2, 0.25) is 0 Å². The van der Waals surface area contributed by atoms with Gasteiger partial charge in [-0.05, 0) is 18.1 Å². The fourth-order valence-electron chi connectivity index (χ4n) is 3.01. The lowest BCUT2D eigenvalue weighted by molar-refractivity contribution is 0.445. The van der Waals surface area contributed by atoms with E-state index in [1.807, 2.05) is 18.0 Å². The number of nitrogens with zero attached hydrogens (tertiary/aromatic N) is 2. The Bertz CT molecular complexity index is 595. The van der Waals surface area contributed by atoms with Crippen molar-refractivity contribution in [3.8, 4) is 0 Å². The van der Waals surface area contributed by atoms with Crippen LogP contribution in [0.25, 0.3) is 0 Å². The molecule has 5 heteroatoms. The van der Waals surface area contributed by atoms with Crippen LogP contribution in [0.1, 0.15) is 30.7 Å². The molecule has 0 saturated heterocycles. The van der Waals surface area contributed by atoms with Crippen molar-refractivity contribution in [1.29, 1.82) is 0 Å². The van der Waals surface area contributed by atoms with Gasteiger partial charge in [-0.1, -0.05) is 25.1 Å². The SMILES string of the molecule is CCCn1ccnc1CC(NN)C1CSc2ccccc21. The number of imidazole rings is 1. The molecule has 3 rings (SSSR count). The first-order chi connectivity index (χ1) is 10.3. The smallest absolute Gasteiger partial charge is 0.110 e. The van der Waals surface area contributed by atoms with Crippen LogP contribution in [0, 0.1) is 0 Å². The van der Waals surface area contributed by atoms with E-state index in [1.165, 1.54) is 10.5 Å². The van der Waals surface area contributed by atoms with Crippen LogP contribution in [-0.2, 0) is 13.0 Å². The number of benzene rings is 1. The Balaban J connectivity index is 1.79. The van der Waals surface area contributed by atoms with E-state index in [9.17, 15) is 0 Å². The second-order valence-electron chi connectivity index (χ2n) is 5.47. The molecule has 4 nitrogen and oxygen atoms in total. The standard InChI is InChI=1S/C16H22N4S/c1-2-8-20-9-7-18-16(20)10-14(19-17)13-11-21-15-6-4-3-5-12(13)15/h3-7,9,13-14,19H,2,8,10-11,17H2,1H3. The van der Waals surface area contributed by atoms with Crippen molar-refractivity contribution in [1.82, 2.24) is 15.0 Å². The molecule has 1 aliphatic heterocycles. The zero-order chi connectivity index (χ0) is 14.7. The zero-order valence-electron chi connectivity index (χ0n) is 12.3. The molecule has 0 bridgehead atoms. The summed E-state index contributed by atoms with van der Waals surface area (Å²) in [6, 6.07) is 8.87. The number of nitrogens with one attached hydrogen (secondary N) is 1. The third kappa shape index (κ3) is 3.00. The fourth-order valence-corrected chi connectivity index (χ4v) is 4.34. The molecule has 0 radical (unpaired) electrons. The number of fused-ring (bicyclic) bond motifs is 1. The van der Waals surface area contributed by atoms with Gasteiger partial charge in [-0.25, -0.2) is 4.98 Å². The average molecular weight is 302 g/mol. The van der Waals surface area contributed by atoms with E-state index in [4.69, 9.17) is 5.84 Å². The van der Waals surface area contributed by atoms with Crippen molar-refractivity contribution < 1.29 is 0 Å². The van der Waals surface area contributed by atoms with Crippen molar-refractivity contribution in [2.24, 2.45) is 5.84 Å². The Hall–Kier alpha value is -1.30. The van der Waals surface area contributed by atoms with Crippen LogP contribution in [0.15, 0.2) is 41.6 Å². The van der Waals surface area contributed by atoms with Crippen molar-refractivity contribution in [3.05, 3.63) is 48.0 Å². The number of hydrazine groups is 1. The molecule has 0 amide bonds. The summed E-state index contributed by atoms with van der Waals surface area (Å²) in [6.45, 7) is 3.20. The van der Waals surface area contributed by atoms with Gasteiger partial charge < -0.3 is 4.57 Å². The number of hydrogen-bond donors (Lipinski definition) is 2. The summed E-state index contributed by atoms with van der Waals surface area (Å²) in [7, 11) is 0. The van der Waals surface area contributed by atoms with Gasteiger partial charge in [-0.2, -0.15) is 0 Å². The van der Waals surface area contributed by atoms with E-state index in [1.54, 1.807) is 0 Å². The van der Waals surface area contributed by atoms with Gasteiger partial charge in [-0.3, -0.25) is 11.3 Å². The van der Waals surface area contributed by atoms with Gasteiger partial charge in [0.1, 0.15) is 5.82 Å². The van der Waals surface area contributed by atoms with Crippen molar-refractivity contribution >= 4 is 11.8 Å². The molecule has 2 unspecified atom stereocenters. The van der Waals surface area contributed by atoms with Crippen LogP contribution < -0.4 is 11.3 Å².